The maximum atomic E-state index is 13.5. The molecule has 4 unspecified atom stereocenters. The molecule has 0 aliphatic carbocycles. The van der Waals surface area contributed by atoms with Crippen LogP contribution in [-0.4, -0.2) is 166 Å². The Bertz CT molecular complexity index is 1090. The third-order valence-electron chi connectivity index (χ3n) is 7.12. The molecule has 0 bridgehead atoms. The highest BCUT2D eigenvalue weighted by Crippen LogP contribution is 2.02. The summed E-state index contributed by atoms with van der Waals surface area (Å²) in [6, 6.07) is 0. The Hall–Kier alpha value is -1.95. The number of nitrogens with one attached hydrogen (secondary N) is 1. The minimum Gasteiger partial charge on any atom is -0.392 e. The van der Waals surface area contributed by atoms with Crippen molar-refractivity contribution in [2.75, 3.05) is 87.6 Å². The Balaban J connectivity index is 3.29. The maximum absolute atomic E-state index is 13.5. The molecule has 1 rings (SSSR count). The van der Waals surface area contributed by atoms with Crippen LogP contribution in [-0.2, 0) is 19.6 Å². The molecule has 252 valence electrons. The fourth-order valence-corrected chi connectivity index (χ4v) is 4.86. The van der Waals surface area contributed by atoms with Gasteiger partial charge in [-0.3, -0.25) is 10.2 Å². The number of likely N-dealkylation sites (N-methyl/N-ethyl adjacent to an activating group) is 2. The monoisotopic (exact) mass is 618 g/mol. The molecule has 0 saturated heterocycles. The highest BCUT2D eigenvalue weighted by molar-refractivity contribution is 4.83. The van der Waals surface area contributed by atoms with Crippen molar-refractivity contribution < 1.29 is 20.4 Å². The molecule has 4 atom stereocenters. The molecule has 0 fully saturated rings. The number of hydrogen-bond donors (Lipinski definition) is 5. The molecule has 0 aromatic carbocycles. The largest absolute Gasteiger partial charge is 0.392 e. The van der Waals surface area contributed by atoms with Gasteiger partial charge in [0.05, 0.1) is 37.9 Å². The average Bonchev–Trinajstić information content (AvgIpc) is 2.91. The molecule has 1 aromatic heterocycles. The van der Waals surface area contributed by atoms with Crippen LogP contribution in [0.15, 0.2) is 14.4 Å². The van der Waals surface area contributed by atoms with E-state index in [4.69, 9.17) is 0 Å². The van der Waals surface area contributed by atoms with E-state index in [0.717, 1.165) is 39.6 Å². The molecular weight excluding hydrogens is 560 g/mol. The highest BCUT2D eigenvalue weighted by Gasteiger charge is 2.23. The second kappa shape index (κ2) is 20.2. The van der Waals surface area contributed by atoms with E-state index in [2.05, 4.69) is 10.2 Å². The predicted molar refractivity (Wildman–Crippen MR) is 167 cm³/mol. The molecule has 1 heterocycles. The van der Waals surface area contributed by atoms with Crippen LogP contribution in [0.3, 0.4) is 0 Å². The van der Waals surface area contributed by atoms with Crippen molar-refractivity contribution >= 4 is 0 Å². The molecule has 43 heavy (non-hydrogen) atoms. The van der Waals surface area contributed by atoms with Crippen LogP contribution < -0.4 is 22.4 Å². The normalized spacial score (nSPS) is 15.1. The molecule has 1 aromatic rings. The van der Waals surface area contributed by atoms with Crippen molar-refractivity contribution in [1.82, 2.24) is 38.6 Å². The van der Waals surface area contributed by atoms with Crippen molar-refractivity contribution in [3.63, 3.8) is 0 Å². The smallest absolute Gasteiger partial charge is 0.336 e. The zero-order chi connectivity index (χ0) is 32.7. The Kier molecular flexibility index (Phi) is 18.3. The van der Waals surface area contributed by atoms with Crippen LogP contribution in [0, 0.1) is 0 Å². The Morgan fingerprint density at radius 3 is 1.53 bits per heavy atom. The van der Waals surface area contributed by atoms with Gasteiger partial charge in [-0.15, -0.1) is 0 Å². The lowest BCUT2D eigenvalue weighted by atomic mass is 10.2. The Morgan fingerprint density at radius 1 is 0.628 bits per heavy atom. The Labute approximate surface area is 255 Å². The van der Waals surface area contributed by atoms with Crippen molar-refractivity contribution in [1.29, 1.82) is 0 Å². The van der Waals surface area contributed by atoms with E-state index in [1.54, 1.807) is 6.92 Å². The summed E-state index contributed by atoms with van der Waals surface area (Å²) in [7, 11) is 9.70. The van der Waals surface area contributed by atoms with Gasteiger partial charge >= 0.3 is 17.1 Å². The third kappa shape index (κ3) is 14.6. The molecular formula is C28H58N8O7. The van der Waals surface area contributed by atoms with Crippen LogP contribution in [0.1, 0.15) is 33.1 Å². The molecule has 0 aliphatic heterocycles. The van der Waals surface area contributed by atoms with Gasteiger partial charge in [0, 0.05) is 19.6 Å². The van der Waals surface area contributed by atoms with Gasteiger partial charge in [0.25, 0.3) is 0 Å². The van der Waals surface area contributed by atoms with Gasteiger partial charge in [0.2, 0.25) is 0 Å². The first-order valence-electron chi connectivity index (χ1n) is 15.3. The van der Waals surface area contributed by atoms with Gasteiger partial charge in [-0.05, 0) is 87.2 Å². The summed E-state index contributed by atoms with van der Waals surface area (Å²) in [5.41, 5.74) is -2.83. The fraction of sp³-hybridized carbons (Fsp3) is 0.893. The molecule has 0 spiro atoms. The van der Waals surface area contributed by atoms with Crippen molar-refractivity contribution in [2.45, 2.75) is 77.3 Å². The van der Waals surface area contributed by atoms with E-state index in [9.17, 15) is 34.8 Å². The number of aliphatic hydroxyl groups excluding tert-OH is 4. The summed E-state index contributed by atoms with van der Waals surface area (Å²) in [6.45, 7) is 6.42. The Morgan fingerprint density at radius 2 is 1.07 bits per heavy atom. The van der Waals surface area contributed by atoms with Crippen LogP contribution in [0.5, 0.6) is 0 Å². The van der Waals surface area contributed by atoms with Crippen LogP contribution in [0.25, 0.3) is 0 Å². The second-order valence-electron chi connectivity index (χ2n) is 12.0. The fourth-order valence-electron chi connectivity index (χ4n) is 4.86. The van der Waals surface area contributed by atoms with Crippen molar-refractivity contribution in [3.05, 3.63) is 31.5 Å². The van der Waals surface area contributed by atoms with E-state index >= 15 is 0 Å². The zero-order valence-corrected chi connectivity index (χ0v) is 27.4. The lowest BCUT2D eigenvalue weighted by molar-refractivity contribution is 0.0566. The van der Waals surface area contributed by atoms with Gasteiger partial charge in [0.15, 0.2) is 0 Å². The van der Waals surface area contributed by atoms with Gasteiger partial charge in [-0.25, -0.2) is 28.1 Å². The summed E-state index contributed by atoms with van der Waals surface area (Å²) >= 11 is 0. The number of rotatable bonds is 23. The maximum Gasteiger partial charge on any atom is 0.336 e. The first-order chi connectivity index (χ1) is 20.2. The zero-order valence-electron chi connectivity index (χ0n) is 27.4. The van der Waals surface area contributed by atoms with Gasteiger partial charge in [-0.1, -0.05) is 13.8 Å². The predicted octanol–water partition coefficient (Wildman–Crippen LogP) is -3.27. The van der Waals surface area contributed by atoms with Crippen LogP contribution in [0.4, 0.5) is 0 Å². The minimum absolute atomic E-state index is 0.0931. The van der Waals surface area contributed by atoms with Crippen molar-refractivity contribution in [3.8, 4) is 0 Å². The number of hydrogen-bond acceptors (Lipinski definition) is 12. The first-order valence-corrected chi connectivity index (χ1v) is 15.3. The molecule has 0 radical (unpaired) electrons. The van der Waals surface area contributed by atoms with E-state index in [1.807, 2.05) is 56.9 Å². The quantitative estimate of drug-likeness (QED) is 0.0777. The summed E-state index contributed by atoms with van der Waals surface area (Å²) in [4.78, 5) is 48.0. The van der Waals surface area contributed by atoms with Gasteiger partial charge < -0.3 is 35.1 Å². The topological polar surface area (TPSA) is 172 Å². The number of nitrogens with zero attached hydrogens (tertiary/aromatic N) is 7. The standard InChI is InChI=1S/C28H58N8O7/c1-8-22(37)17-33(15-11-13-31(5)6)18-24(39)20-35-26(41)34(19-23(38)16-32(7)14-10-12-30(3)4)27(42)36(28(35)43)21-25(40)29-9-2/h22-25,29,37-40H,8-21H2,1-7H3. The highest BCUT2D eigenvalue weighted by atomic mass is 16.3. The second-order valence-corrected chi connectivity index (χ2v) is 12.0. The lowest BCUT2D eigenvalue weighted by Crippen LogP contribution is -2.58. The van der Waals surface area contributed by atoms with Gasteiger partial charge in [-0.2, -0.15) is 0 Å². The number of aromatic nitrogens is 3. The first kappa shape index (κ1) is 39.1. The molecule has 15 nitrogen and oxygen atoms in total. The van der Waals surface area contributed by atoms with Crippen LogP contribution >= 0.6 is 0 Å². The molecule has 0 saturated carbocycles. The molecule has 0 aliphatic rings. The molecule has 0 amide bonds. The lowest BCUT2D eigenvalue weighted by Gasteiger charge is -2.28. The summed E-state index contributed by atoms with van der Waals surface area (Å²) in [6.07, 6.45) is -1.87. The van der Waals surface area contributed by atoms with Crippen LogP contribution in [0.2, 0.25) is 0 Å². The van der Waals surface area contributed by atoms with E-state index < -0.39 is 54.7 Å². The van der Waals surface area contributed by atoms with Crippen molar-refractivity contribution in [2.24, 2.45) is 0 Å². The summed E-state index contributed by atoms with van der Waals surface area (Å²) in [5.74, 6) is 0. The molecule has 5 N–H and O–H groups in total. The third-order valence-corrected chi connectivity index (χ3v) is 7.12. The van der Waals surface area contributed by atoms with E-state index in [0.29, 0.717) is 32.6 Å². The minimum atomic E-state index is -1.23. The number of aliphatic hydroxyl groups is 4. The average molecular weight is 619 g/mol. The van der Waals surface area contributed by atoms with E-state index in [1.165, 1.54) is 0 Å². The summed E-state index contributed by atoms with van der Waals surface area (Å²) < 4.78 is 2.33. The SMILES string of the molecule is CCNC(O)Cn1c(=O)n(CC(O)CN(C)CCCN(C)C)c(=O)n(CC(O)CN(CCCN(C)C)CC(O)CC)c1=O. The summed E-state index contributed by atoms with van der Waals surface area (Å²) in [5, 5.41) is 45.1. The molecule has 15 heteroatoms. The van der Waals surface area contributed by atoms with Gasteiger partial charge in [0.1, 0.15) is 6.23 Å². The van der Waals surface area contributed by atoms with E-state index in [-0.39, 0.29) is 19.6 Å².